The Bertz CT molecular complexity index is 168. The van der Waals surface area contributed by atoms with Gasteiger partial charge in [0, 0.05) is 5.41 Å². The predicted octanol–water partition coefficient (Wildman–Crippen LogP) is 3.31. The second-order valence-corrected chi connectivity index (χ2v) is 3.07. The zero-order valence-corrected chi connectivity index (χ0v) is 7.15. The van der Waals surface area contributed by atoms with E-state index in [-0.39, 0.29) is 0 Å². The number of hydrogen-bond acceptors (Lipinski definition) is 0. The minimum absolute atomic E-state index is 0.417. The van der Waals surface area contributed by atoms with E-state index in [1.165, 1.54) is 18.4 Å². The largest absolute Gasteiger partial charge is 0.0743 e. The van der Waals surface area contributed by atoms with Crippen LogP contribution in [-0.4, -0.2) is 0 Å². The molecule has 10 heavy (non-hydrogen) atoms. The minimum Gasteiger partial charge on any atom is -0.0743 e. The summed E-state index contributed by atoms with van der Waals surface area (Å²) in [5.74, 6) is 0. The summed E-state index contributed by atoms with van der Waals surface area (Å²) in [5.41, 5.74) is 1.94. The van der Waals surface area contributed by atoms with Gasteiger partial charge in [-0.05, 0) is 19.8 Å². The topological polar surface area (TPSA) is 0 Å². The van der Waals surface area contributed by atoms with Gasteiger partial charge < -0.3 is 0 Å². The molecular formula is C10H16. The van der Waals surface area contributed by atoms with Crippen LogP contribution in [0.25, 0.3) is 0 Å². The van der Waals surface area contributed by atoms with Gasteiger partial charge in [0.05, 0.1) is 0 Å². The van der Waals surface area contributed by atoms with E-state index in [1.54, 1.807) is 0 Å². The van der Waals surface area contributed by atoms with E-state index in [1.807, 2.05) is 0 Å². The molecule has 1 rings (SSSR count). The third kappa shape index (κ3) is 0.920. The molecule has 1 aliphatic rings. The third-order valence-electron chi connectivity index (χ3n) is 2.81. The maximum Gasteiger partial charge on any atom is 0.00889 e. The fourth-order valence-corrected chi connectivity index (χ4v) is 1.72. The fraction of sp³-hybridized carbons (Fsp3) is 0.600. The first-order valence-corrected chi connectivity index (χ1v) is 4.12. The molecule has 0 radical (unpaired) electrons. The molecule has 1 aliphatic carbocycles. The van der Waals surface area contributed by atoms with Crippen LogP contribution < -0.4 is 0 Å². The Balaban J connectivity index is 2.84. The monoisotopic (exact) mass is 136 g/mol. The van der Waals surface area contributed by atoms with E-state index >= 15 is 0 Å². The van der Waals surface area contributed by atoms with Crippen LogP contribution in [0.3, 0.4) is 0 Å². The Labute approximate surface area is 63.6 Å². The first-order chi connectivity index (χ1) is 4.75. The number of allylic oxidation sites excluding steroid dienone is 4. The molecule has 0 heterocycles. The lowest BCUT2D eigenvalue weighted by molar-refractivity contribution is 0.433. The molecule has 0 unspecified atom stereocenters. The second kappa shape index (κ2) is 2.61. The SMILES string of the molecule is CCC1(CC)C=CC=C1C. The fourth-order valence-electron chi connectivity index (χ4n) is 1.72. The molecular weight excluding hydrogens is 120 g/mol. The van der Waals surface area contributed by atoms with Crippen molar-refractivity contribution in [2.45, 2.75) is 33.6 Å². The highest BCUT2D eigenvalue weighted by molar-refractivity contribution is 5.31. The Morgan fingerprint density at radius 1 is 1.30 bits per heavy atom. The molecule has 0 aromatic carbocycles. The highest BCUT2D eigenvalue weighted by Crippen LogP contribution is 2.39. The van der Waals surface area contributed by atoms with Crippen LogP contribution in [0.4, 0.5) is 0 Å². The average Bonchev–Trinajstić information content (AvgIpc) is 2.32. The molecule has 0 spiro atoms. The van der Waals surface area contributed by atoms with Crippen molar-refractivity contribution in [2.75, 3.05) is 0 Å². The summed E-state index contributed by atoms with van der Waals surface area (Å²) in [4.78, 5) is 0. The van der Waals surface area contributed by atoms with Crippen LogP contribution in [0.15, 0.2) is 23.8 Å². The van der Waals surface area contributed by atoms with Gasteiger partial charge >= 0.3 is 0 Å². The smallest absolute Gasteiger partial charge is 0.00889 e. The predicted molar refractivity (Wildman–Crippen MR) is 45.9 cm³/mol. The molecule has 0 bridgehead atoms. The molecule has 56 valence electrons. The van der Waals surface area contributed by atoms with Gasteiger partial charge in [-0.3, -0.25) is 0 Å². The van der Waals surface area contributed by atoms with Crippen molar-refractivity contribution in [2.24, 2.45) is 5.41 Å². The van der Waals surface area contributed by atoms with Crippen molar-refractivity contribution < 1.29 is 0 Å². The zero-order chi connectivity index (χ0) is 7.61. The summed E-state index contributed by atoms with van der Waals surface area (Å²) in [6, 6.07) is 0. The first-order valence-electron chi connectivity index (χ1n) is 4.12. The molecule has 0 N–H and O–H groups in total. The highest BCUT2D eigenvalue weighted by Gasteiger charge is 2.26. The van der Waals surface area contributed by atoms with Gasteiger partial charge in [0.2, 0.25) is 0 Å². The van der Waals surface area contributed by atoms with E-state index in [0.29, 0.717) is 5.41 Å². The summed E-state index contributed by atoms with van der Waals surface area (Å²) in [6.07, 6.45) is 9.22. The lowest BCUT2D eigenvalue weighted by Gasteiger charge is -2.26. The van der Waals surface area contributed by atoms with Gasteiger partial charge in [-0.25, -0.2) is 0 Å². The van der Waals surface area contributed by atoms with E-state index < -0.39 is 0 Å². The van der Waals surface area contributed by atoms with Crippen molar-refractivity contribution in [1.82, 2.24) is 0 Å². The third-order valence-corrected chi connectivity index (χ3v) is 2.81. The molecule has 0 aromatic heterocycles. The van der Waals surface area contributed by atoms with Crippen LogP contribution in [-0.2, 0) is 0 Å². The number of hydrogen-bond donors (Lipinski definition) is 0. The Morgan fingerprint density at radius 2 is 1.90 bits per heavy atom. The van der Waals surface area contributed by atoms with Crippen LogP contribution in [0.5, 0.6) is 0 Å². The van der Waals surface area contributed by atoms with E-state index in [4.69, 9.17) is 0 Å². The normalized spacial score (nSPS) is 21.3. The van der Waals surface area contributed by atoms with Gasteiger partial charge in [0.1, 0.15) is 0 Å². The molecule has 0 fully saturated rings. The molecule has 0 saturated carbocycles. The van der Waals surface area contributed by atoms with Crippen molar-refractivity contribution in [3.05, 3.63) is 23.8 Å². The second-order valence-electron chi connectivity index (χ2n) is 3.07. The molecule has 0 heteroatoms. The summed E-state index contributed by atoms with van der Waals surface area (Å²) in [7, 11) is 0. The lowest BCUT2D eigenvalue weighted by Crippen LogP contribution is -2.14. The van der Waals surface area contributed by atoms with Crippen LogP contribution >= 0.6 is 0 Å². The van der Waals surface area contributed by atoms with E-state index in [0.717, 1.165) is 0 Å². The maximum atomic E-state index is 2.34. The van der Waals surface area contributed by atoms with Crippen LogP contribution in [0, 0.1) is 5.41 Å². The molecule has 0 nitrogen and oxygen atoms in total. The summed E-state index contributed by atoms with van der Waals surface area (Å²) < 4.78 is 0. The Kier molecular flexibility index (Phi) is 1.98. The lowest BCUT2D eigenvalue weighted by atomic mass is 9.79. The molecule has 0 aliphatic heterocycles. The van der Waals surface area contributed by atoms with Crippen molar-refractivity contribution in [3.8, 4) is 0 Å². The van der Waals surface area contributed by atoms with Crippen LogP contribution in [0.2, 0.25) is 0 Å². The van der Waals surface area contributed by atoms with Crippen molar-refractivity contribution in [3.63, 3.8) is 0 Å². The summed E-state index contributed by atoms with van der Waals surface area (Å²) in [5, 5.41) is 0. The van der Waals surface area contributed by atoms with Crippen molar-refractivity contribution >= 4 is 0 Å². The summed E-state index contributed by atoms with van der Waals surface area (Å²) >= 11 is 0. The Hall–Kier alpha value is -0.520. The van der Waals surface area contributed by atoms with Gasteiger partial charge in [0.25, 0.3) is 0 Å². The van der Waals surface area contributed by atoms with Crippen LogP contribution in [0.1, 0.15) is 33.6 Å². The van der Waals surface area contributed by atoms with Gasteiger partial charge in [-0.1, -0.05) is 37.6 Å². The van der Waals surface area contributed by atoms with Gasteiger partial charge in [-0.2, -0.15) is 0 Å². The van der Waals surface area contributed by atoms with Crippen molar-refractivity contribution in [1.29, 1.82) is 0 Å². The molecule has 0 saturated heterocycles. The number of rotatable bonds is 2. The van der Waals surface area contributed by atoms with Gasteiger partial charge in [0.15, 0.2) is 0 Å². The molecule has 0 atom stereocenters. The molecule has 0 aromatic rings. The summed E-state index contributed by atoms with van der Waals surface area (Å²) in [6.45, 7) is 6.75. The van der Waals surface area contributed by atoms with E-state index in [2.05, 4.69) is 39.0 Å². The minimum atomic E-state index is 0.417. The standard InChI is InChI=1S/C10H16/c1-4-10(5-2)8-6-7-9(10)3/h6-8H,4-5H2,1-3H3. The highest BCUT2D eigenvalue weighted by atomic mass is 14.3. The average molecular weight is 136 g/mol. The zero-order valence-electron chi connectivity index (χ0n) is 7.15. The van der Waals surface area contributed by atoms with Gasteiger partial charge in [-0.15, -0.1) is 0 Å². The molecule has 0 amide bonds. The quantitative estimate of drug-likeness (QED) is 0.546. The first kappa shape index (κ1) is 7.59. The van der Waals surface area contributed by atoms with E-state index in [9.17, 15) is 0 Å². The maximum absolute atomic E-state index is 2.34. The Morgan fingerprint density at radius 3 is 2.10 bits per heavy atom.